The van der Waals surface area contributed by atoms with Gasteiger partial charge in [0, 0.05) is 0 Å². The van der Waals surface area contributed by atoms with Crippen molar-refractivity contribution in [2.75, 3.05) is 20.8 Å². The van der Waals surface area contributed by atoms with E-state index in [0.717, 1.165) is 16.7 Å². The van der Waals surface area contributed by atoms with Gasteiger partial charge in [0.15, 0.2) is 23.0 Å². The highest BCUT2D eigenvalue weighted by Crippen LogP contribution is 2.43. The fraction of sp³-hybridized carbons (Fsp3) is 0.250. The number of ether oxygens (including phenoxy) is 4. The Kier molecular flexibility index (Phi) is 7.18. The Bertz CT molecular complexity index is 1830. The highest BCUT2D eigenvalue weighted by molar-refractivity contribution is 5.84. The van der Waals surface area contributed by atoms with E-state index in [1.807, 2.05) is 78.9 Å². The molecule has 1 aliphatic heterocycles. The number of benzene rings is 3. The second-order valence-electron chi connectivity index (χ2n) is 10.5. The fourth-order valence-electron chi connectivity index (χ4n) is 5.82. The van der Waals surface area contributed by atoms with Crippen LogP contribution >= 0.6 is 0 Å². The van der Waals surface area contributed by atoms with E-state index in [9.17, 15) is 10.2 Å². The van der Waals surface area contributed by atoms with Crippen molar-refractivity contribution in [2.45, 2.75) is 30.1 Å². The molecule has 3 aromatic carbocycles. The van der Waals surface area contributed by atoms with Crippen LogP contribution in [-0.4, -0.2) is 78.5 Å². The van der Waals surface area contributed by atoms with Crippen LogP contribution in [0.2, 0.25) is 0 Å². The number of rotatable bonds is 9. The molecule has 12 heteroatoms. The summed E-state index contributed by atoms with van der Waals surface area (Å²) in [6, 6.07) is 25.2. The zero-order valence-electron chi connectivity index (χ0n) is 24.0. The molecule has 44 heavy (non-hydrogen) atoms. The van der Waals surface area contributed by atoms with Gasteiger partial charge >= 0.3 is 0 Å². The minimum atomic E-state index is -1.27. The molecule has 6 aromatic rings. The van der Waals surface area contributed by atoms with Gasteiger partial charge in [-0.05, 0) is 41.0 Å². The summed E-state index contributed by atoms with van der Waals surface area (Å²) in [6.45, 7) is -0.0594. The number of nitrogens with zero attached hydrogens (tertiary/aromatic N) is 6. The molecule has 3 aromatic heterocycles. The molecule has 0 amide bonds. The molecule has 0 aliphatic carbocycles. The third-order valence-electron chi connectivity index (χ3n) is 8.09. The summed E-state index contributed by atoms with van der Waals surface area (Å²) >= 11 is 0. The van der Waals surface area contributed by atoms with Crippen LogP contribution in [0.1, 0.15) is 22.9 Å². The summed E-state index contributed by atoms with van der Waals surface area (Å²) in [7, 11) is 3.24. The molecule has 0 bridgehead atoms. The van der Waals surface area contributed by atoms with Gasteiger partial charge in [-0.3, -0.25) is 4.57 Å². The van der Waals surface area contributed by atoms with E-state index >= 15 is 0 Å². The summed E-state index contributed by atoms with van der Waals surface area (Å²) in [5.74, 6) is 1.41. The SMILES string of the molecule is COc1ccc(C(OC[C@H]2O[C@@H](n3cnc4c3ncn3ncnc43)[C@H](O)[C@@H]2O)(c2ccccc2)c2ccc(OC)cc2)cc1. The number of imidazole rings is 1. The van der Waals surface area contributed by atoms with Crippen molar-refractivity contribution in [1.29, 1.82) is 0 Å². The van der Waals surface area contributed by atoms with Crippen molar-refractivity contribution < 1.29 is 29.2 Å². The van der Waals surface area contributed by atoms with Gasteiger partial charge in [0.1, 0.15) is 48.1 Å². The molecule has 0 spiro atoms. The van der Waals surface area contributed by atoms with E-state index < -0.39 is 30.1 Å². The van der Waals surface area contributed by atoms with Crippen molar-refractivity contribution >= 4 is 16.8 Å². The van der Waals surface area contributed by atoms with E-state index in [1.165, 1.54) is 23.5 Å². The molecule has 4 atom stereocenters. The molecule has 0 unspecified atom stereocenters. The van der Waals surface area contributed by atoms with E-state index in [2.05, 4.69) is 20.1 Å². The molecule has 2 N–H and O–H groups in total. The average molecular weight is 595 g/mol. The van der Waals surface area contributed by atoms with Gasteiger partial charge in [0.05, 0.1) is 27.2 Å². The Labute approximate surface area is 252 Å². The summed E-state index contributed by atoms with van der Waals surface area (Å²) in [5.41, 5.74) is 2.88. The van der Waals surface area contributed by atoms with Gasteiger partial charge < -0.3 is 29.2 Å². The van der Waals surface area contributed by atoms with Crippen molar-refractivity contribution in [3.8, 4) is 11.5 Å². The molecule has 1 fully saturated rings. The minimum absolute atomic E-state index is 0.0594. The number of aromatic nitrogens is 6. The molecule has 0 saturated carbocycles. The summed E-state index contributed by atoms with van der Waals surface area (Å²) in [6.07, 6.45) is 0.0640. The monoisotopic (exact) mass is 594 g/mol. The van der Waals surface area contributed by atoms with Crippen molar-refractivity contribution in [1.82, 2.24) is 29.1 Å². The number of aliphatic hydroxyl groups is 2. The predicted molar refractivity (Wildman–Crippen MR) is 158 cm³/mol. The van der Waals surface area contributed by atoms with Crippen molar-refractivity contribution in [3.05, 3.63) is 115 Å². The maximum atomic E-state index is 11.2. The molecular weight excluding hydrogens is 564 g/mol. The lowest BCUT2D eigenvalue weighted by molar-refractivity contribution is -0.0942. The quantitative estimate of drug-likeness (QED) is 0.240. The number of methoxy groups -OCH3 is 2. The van der Waals surface area contributed by atoms with Crippen LogP contribution in [0.4, 0.5) is 0 Å². The van der Waals surface area contributed by atoms with E-state index in [0.29, 0.717) is 28.3 Å². The minimum Gasteiger partial charge on any atom is -0.497 e. The Morgan fingerprint density at radius 3 is 2.02 bits per heavy atom. The van der Waals surface area contributed by atoms with Gasteiger partial charge in [0.2, 0.25) is 0 Å². The summed E-state index contributed by atoms with van der Waals surface area (Å²) < 4.78 is 27.1. The second-order valence-corrected chi connectivity index (χ2v) is 10.5. The topological polar surface area (TPSA) is 138 Å². The number of hydrogen-bond donors (Lipinski definition) is 2. The molecule has 7 rings (SSSR count). The molecule has 12 nitrogen and oxygen atoms in total. The van der Waals surface area contributed by atoms with Gasteiger partial charge in [-0.2, -0.15) is 5.10 Å². The van der Waals surface area contributed by atoms with Crippen LogP contribution in [0.5, 0.6) is 11.5 Å². The third-order valence-corrected chi connectivity index (χ3v) is 8.09. The Morgan fingerprint density at radius 1 is 0.750 bits per heavy atom. The molecule has 0 radical (unpaired) electrons. The summed E-state index contributed by atoms with van der Waals surface area (Å²) in [4.78, 5) is 13.1. The standard InChI is InChI=1S/C32H30N6O6/c1-41-23-12-8-21(9-13-23)32(20-6-4-3-5-7-20,22-10-14-24(42-2)15-11-22)43-16-25-27(39)28(40)31(44-25)37-18-34-26-29(37)35-19-38-30(26)33-17-36-38/h3-15,17-19,25,27-28,31,39-40H,16H2,1-2H3/t25-,27-,28-,31-/m1/s1. The van der Waals surface area contributed by atoms with E-state index in [4.69, 9.17) is 18.9 Å². The normalized spacial score (nSPS) is 20.4. The van der Waals surface area contributed by atoms with Crippen LogP contribution in [-0.2, 0) is 15.1 Å². The van der Waals surface area contributed by atoms with Crippen LogP contribution in [0.15, 0.2) is 97.8 Å². The summed E-state index contributed by atoms with van der Waals surface area (Å²) in [5, 5.41) is 26.5. The Hall–Kier alpha value is -4.88. The number of fused-ring (bicyclic) bond motifs is 3. The second kappa shape index (κ2) is 11.3. The zero-order chi connectivity index (χ0) is 30.3. The first-order valence-electron chi connectivity index (χ1n) is 14.0. The van der Waals surface area contributed by atoms with Crippen LogP contribution in [0, 0.1) is 0 Å². The highest BCUT2D eigenvalue weighted by atomic mass is 16.6. The predicted octanol–water partition coefficient (Wildman–Crippen LogP) is 3.12. The Balaban J connectivity index is 1.26. The lowest BCUT2D eigenvalue weighted by Gasteiger charge is -2.37. The number of hydrogen-bond acceptors (Lipinski definition) is 10. The van der Waals surface area contributed by atoms with Crippen LogP contribution < -0.4 is 9.47 Å². The van der Waals surface area contributed by atoms with Crippen LogP contribution in [0.3, 0.4) is 0 Å². The van der Waals surface area contributed by atoms with Gasteiger partial charge in [0.25, 0.3) is 0 Å². The van der Waals surface area contributed by atoms with Crippen molar-refractivity contribution in [2.24, 2.45) is 0 Å². The van der Waals surface area contributed by atoms with E-state index in [-0.39, 0.29) is 6.61 Å². The first-order chi connectivity index (χ1) is 21.5. The maximum Gasteiger partial charge on any atom is 0.186 e. The van der Waals surface area contributed by atoms with Crippen LogP contribution in [0.25, 0.3) is 16.8 Å². The fourth-order valence-corrected chi connectivity index (χ4v) is 5.82. The molecule has 4 heterocycles. The molecule has 1 saturated heterocycles. The van der Waals surface area contributed by atoms with E-state index in [1.54, 1.807) is 18.8 Å². The third kappa shape index (κ3) is 4.55. The lowest BCUT2D eigenvalue weighted by atomic mass is 9.80. The molecule has 1 aliphatic rings. The van der Waals surface area contributed by atoms with Crippen molar-refractivity contribution in [3.63, 3.8) is 0 Å². The first-order valence-corrected chi connectivity index (χ1v) is 14.0. The largest absolute Gasteiger partial charge is 0.497 e. The van der Waals surface area contributed by atoms with Gasteiger partial charge in [-0.25, -0.2) is 19.5 Å². The van der Waals surface area contributed by atoms with Gasteiger partial charge in [-0.1, -0.05) is 54.6 Å². The highest BCUT2D eigenvalue weighted by Gasteiger charge is 2.47. The average Bonchev–Trinajstić information content (AvgIpc) is 3.80. The maximum absolute atomic E-state index is 11.2. The zero-order valence-corrected chi connectivity index (χ0v) is 24.0. The first kappa shape index (κ1) is 27.9. The Morgan fingerprint density at radius 2 is 1.39 bits per heavy atom. The lowest BCUT2D eigenvalue weighted by Crippen LogP contribution is -2.39. The van der Waals surface area contributed by atoms with Gasteiger partial charge in [-0.15, -0.1) is 0 Å². The smallest absolute Gasteiger partial charge is 0.186 e. The molecular formula is C32H30N6O6. The molecule has 224 valence electrons. The number of aliphatic hydroxyl groups excluding tert-OH is 2.